The number of hydrogen-bond acceptors (Lipinski definition) is 6. The van der Waals surface area contributed by atoms with Crippen molar-refractivity contribution in [1.82, 2.24) is 4.90 Å². The molecule has 0 aromatic heterocycles. The molecule has 2 saturated heterocycles. The van der Waals surface area contributed by atoms with E-state index < -0.39 is 24.1 Å². The first-order valence-electron chi connectivity index (χ1n) is 8.69. The van der Waals surface area contributed by atoms with E-state index in [9.17, 15) is 14.4 Å². The molecule has 8 atom stereocenters. The smallest absolute Gasteiger partial charge is 0.229 e. The average Bonchev–Trinajstić information content (AvgIpc) is 2.91. The zero-order valence-corrected chi connectivity index (χ0v) is 13.8. The van der Waals surface area contributed by atoms with Crippen molar-refractivity contribution in [3.63, 3.8) is 0 Å². The molecule has 2 saturated carbocycles. The first-order valence-corrected chi connectivity index (χ1v) is 8.69. The Kier molecular flexibility index (Phi) is 2.88. The molecule has 0 amide bonds. The number of nitrogens with zero attached hydrogens (tertiary/aromatic N) is 1. The molecule has 2 heterocycles. The highest BCUT2D eigenvalue weighted by Gasteiger charge is 2.73. The minimum Gasteiger partial charge on any atom is -0.370 e. The number of methoxy groups -OCH3 is 1. The Bertz CT molecular complexity index is 687. The lowest BCUT2D eigenvalue weighted by molar-refractivity contribution is -0.167. The van der Waals surface area contributed by atoms with Gasteiger partial charge >= 0.3 is 0 Å². The standard InChI is InChI=1S/C18H21NO5/c1-19-6-5-18-9-3-4-11(20)17(18)24-15-12(18)8(7-10(9)19)13(21)14(22)16(15)23-2/h3-4,8-10,12,15-17H,5-7H2,1-2H3/t8?,9-,10+,12?,15?,16?,17-,18-/m0/s1. The van der Waals surface area contributed by atoms with Crippen LogP contribution < -0.4 is 0 Å². The molecule has 0 aromatic rings. The van der Waals surface area contributed by atoms with E-state index in [0.717, 1.165) is 13.0 Å². The number of ether oxygens (including phenoxy) is 2. The Balaban J connectivity index is 1.72. The van der Waals surface area contributed by atoms with Gasteiger partial charge in [-0.1, -0.05) is 6.08 Å². The molecule has 4 unspecified atom stereocenters. The third kappa shape index (κ3) is 1.47. The number of likely N-dealkylation sites (tertiary alicyclic amines) is 1. The molecule has 0 N–H and O–H groups in total. The van der Waals surface area contributed by atoms with E-state index in [1.54, 1.807) is 6.08 Å². The summed E-state index contributed by atoms with van der Waals surface area (Å²) in [4.78, 5) is 40.1. The average molecular weight is 331 g/mol. The predicted octanol–water partition coefficient (Wildman–Crippen LogP) is 0.00230. The number of carbonyl (C=O) groups excluding carboxylic acids is 3. The molecule has 5 rings (SSSR count). The van der Waals surface area contributed by atoms with Crippen LogP contribution in [-0.2, 0) is 23.9 Å². The van der Waals surface area contributed by atoms with Crippen LogP contribution in [0.5, 0.6) is 0 Å². The van der Waals surface area contributed by atoms with Crippen molar-refractivity contribution in [2.24, 2.45) is 23.2 Å². The van der Waals surface area contributed by atoms with Crippen LogP contribution in [0.25, 0.3) is 0 Å². The predicted molar refractivity (Wildman–Crippen MR) is 82.2 cm³/mol. The Hall–Kier alpha value is -1.37. The van der Waals surface area contributed by atoms with Crippen molar-refractivity contribution in [3.8, 4) is 0 Å². The van der Waals surface area contributed by atoms with E-state index in [-0.39, 0.29) is 40.8 Å². The van der Waals surface area contributed by atoms with Crippen molar-refractivity contribution in [2.45, 2.75) is 37.2 Å². The minimum absolute atomic E-state index is 0.0284. The minimum atomic E-state index is -0.872. The molecule has 0 aromatic carbocycles. The van der Waals surface area contributed by atoms with E-state index in [2.05, 4.69) is 11.9 Å². The Morgan fingerprint density at radius 2 is 2.08 bits per heavy atom. The van der Waals surface area contributed by atoms with Gasteiger partial charge in [0.05, 0.1) is 6.10 Å². The summed E-state index contributed by atoms with van der Waals surface area (Å²) in [6, 6.07) is 0.185. The number of piperidine rings is 1. The van der Waals surface area contributed by atoms with Gasteiger partial charge in [0.2, 0.25) is 11.6 Å². The molecule has 5 aliphatic rings. The summed E-state index contributed by atoms with van der Waals surface area (Å²) < 4.78 is 11.5. The van der Waals surface area contributed by atoms with Gasteiger partial charge in [-0.05, 0) is 32.5 Å². The Morgan fingerprint density at radius 3 is 2.83 bits per heavy atom. The van der Waals surface area contributed by atoms with Crippen LogP contribution in [-0.4, -0.2) is 67.3 Å². The Labute approximate surface area is 140 Å². The second kappa shape index (κ2) is 4.62. The van der Waals surface area contributed by atoms with Gasteiger partial charge in [0, 0.05) is 36.3 Å². The highest BCUT2D eigenvalue weighted by atomic mass is 16.6. The van der Waals surface area contributed by atoms with Crippen molar-refractivity contribution in [2.75, 3.05) is 20.7 Å². The summed E-state index contributed by atoms with van der Waals surface area (Å²) in [6.45, 7) is 0.887. The molecule has 4 fully saturated rings. The van der Waals surface area contributed by atoms with Crippen molar-refractivity contribution >= 4 is 17.3 Å². The fraction of sp³-hybridized carbons (Fsp3) is 0.722. The molecule has 128 valence electrons. The van der Waals surface area contributed by atoms with E-state index >= 15 is 0 Å². The first-order chi connectivity index (χ1) is 11.5. The van der Waals surface area contributed by atoms with E-state index in [4.69, 9.17) is 9.47 Å². The number of ketones is 3. The maximum Gasteiger partial charge on any atom is 0.229 e. The van der Waals surface area contributed by atoms with E-state index in [0.29, 0.717) is 6.42 Å². The lowest BCUT2D eigenvalue weighted by Gasteiger charge is -2.60. The maximum absolute atomic E-state index is 12.8. The summed E-state index contributed by atoms with van der Waals surface area (Å²) in [6.07, 6.45) is 3.26. The first kappa shape index (κ1) is 14.9. The van der Waals surface area contributed by atoms with Gasteiger partial charge in [0.15, 0.2) is 5.78 Å². The quantitative estimate of drug-likeness (QED) is 0.630. The molecule has 24 heavy (non-hydrogen) atoms. The zero-order valence-electron chi connectivity index (χ0n) is 13.8. The summed E-state index contributed by atoms with van der Waals surface area (Å²) in [5.74, 6) is -1.09. The van der Waals surface area contributed by atoms with Crippen molar-refractivity contribution in [3.05, 3.63) is 12.2 Å². The lowest BCUT2D eigenvalue weighted by atomic mass is 9.46. The third-order valence-corrected chi connectivity index (χ3v) is 7.30. The van der Waals surface area contributed by atoms with Gasteiger partial charge in [-0.25, -0.2) is 0 Å². The van der Waals surface area contributed by atoms with Gasteiger partial charge in [-0.15, -0.1) is 0 Å². The van der Waals surface area contributed by atoms with Gasteiger partial charge in [0.1, 0.15) is 12.2 Å². The van der Waals surface area contributed by atoms with Crippen LogP contribution >= 0.6 is 0 Å². The van der Waals surface area contributed by atoms with Crippen LogP contribution in [0.4, 0.5) is 0 Å². The molecule has 0 radical (unpaired) electrons. The summed E-state index contributed by atoms with van der Waals surface area (Å²) in [5, 5.41) is 0. The topological polar surface area (TPSA) is 72.9 Å². The van der Waals surface area contributed by atoms with Crippen LogP contribution in [0.2, 0.25) is 0 Å². The molecular weight excluding hydrogens is 310 g/mol. The van der Waals surface area contributed by atoms with Crippen molar-refractivity contribution < 1.29 is 23.9 Å². The number of rotatable bonds is 1. The van der Waals surface area contributed by atoms with Crippen LogP contribution in [0.3, 0.4) is 0 Å². The largest absolute Gasteiger partial charge is 0.370 e. The van der Waals surface area contributed by atoms with E-state index in [1.807, 2.05) is 6.08 Å². The molecule has 6 heteroatoms. The van der Waals surface area contributed by atoms with Gasteiger partial charge in [-0.3, -0.25) is 14.4 Å². The number of carbonyl (C=O) groups is 3. The molecular formula is C18H21NO5. The van der Waals surface area contributed by atoms with Crippen molar-refractivity contribution in [1.29, 1.82) is 0 Å². The van der Waals surface area contributed by atoms with Crippen LogP contribution in [0.1, 0.15) is 12.8 Å². The molecule has 2 aliphatic heterocycles. The normalized spacial score (nSPS) is 52.6. The highest BCUT2D eigenvalue weighted by Crippen LogP contribution is 2.65. The summed E-state index contributed by atoms with van der Waals surface area (Å²) >= 11 is 0. The SMILES string of the molecule is COC1C(=O)C(=O)C2C[C@@H]3[C@@H]4C=CC(=O)[C@@H]5OC1C2[C@@]54CCN3C. The second-order valence-corrected chi connectivity index (χ2v) is 7.93. The highest BCUT2D eigenvalue weighted by molar-refractivity contribution is 6.40. The second-order valence-electron chi connectivity index (χ2n) is 7.93. The summed E-state index contributed by atoms with van der Waals surface area (Å²) in [5.41, 5.74) is -0.357. The van der Waals surface area contributed by atoms with Crippen LogP contribution in [0.15, 0.2) is 12.2 Å². The monoisotopic (exact) mass is 331 g/mol. The van der Waals surface area contributed by atoms with E-state index in [1.165, 1.54) is 7.11 Å². The van der Waals surface area contributed by atoms with Gasteiger partial charge in [-0.2, -0.15) is 0 Å². The molecule has 2 bridgehead atoms. The number of hydrogen-bond donors (Lipinski definition) is 0. The van der Waals surface area contributed by atoms with Gasteiger partial charge < -0.3 is 14.4 Å². The maximum atomic E-state index is 12.8. The lowest BCUT2D eigenvalue weighted by Crippen LogP contribution is -2.68. The Morgan fingerprint density at radius 1 is 1.29 bits per heavy atom. The summed E-state index contributed by atoms with van der Waals surface area (Å²) in [7, 11) is 3.51. The number of Topliss-reactive ketones (excluding diaryl/α,β-unsaturated/α-hetero) is 2. The van der Waals surface area contributed by atoms with Gasteiger partial charge in [0.25, 0.3) is 0 Å². The molecule has 3 aliphatic carbocycles. The molecule has 6 nitrogen and oxygen atoms in total. The third-order valence-electron chi connectivity index (χ3n) is 7.30. The fourth-order valence-electron chi connectivity index (χ4n) is 6.38. The fourth-order valence-corrected chi connectivity index (χ4v) is 6.38. The van der Waals surface area contributed by atoms with Crippen LogP contribution in [0, 0.1) is 23.2 Å². The molecule has 1 spiro atoms. The zero-order chi connectivity index (χ0) is 16.8.